The number of benzene rings is 1. The van der Waals surface area contributed by atoms with Gasteiger partial charge in [0.1, 0.15) is 0 Å². The highest BCUT2D eigenvalue weighted by molar-refractivity contribution is 7.89. The van der Waals surface area contributed by atoms with Crippen LogP contribution in [0.25, 0.3) is 0 Å². The maximum absolute atomic E-state index is 11.7. The van der Waals surface area contributed by atoms with Crippen LogP contribution in [0, 0.1) is 0 Å². The van der Waals surface area contributed by atoms with Crippen LogP contribution < -0.4 is 4.72 Å². The second-order valence-corrected chi connectivity index (χ2v) is 4.74. The Hall–Kier alpha value is -1.03. The summed E-state index contributed by atoms with van der Waals surface area (Å²) in [5.74, 6) is 0. The van der Waals surface area contributed by atoms with Gasteiger partial charge in [-0.05, 0) is 25.0 Å². The summed E-state index contributed by atoms with van der Waals surface area (Å²) >= 11 is -1.11. The van der Waals surface area contributed by atoms with E-state index in [-0.39, 0.29) is 0 Å². The fourth-order valence-electron chi connectivity index (χ4n) is 1.21. The first kappa shape index (κ1) is 13.0. The predicted octanol–water partition coefficient (Wildman–Crippen LogP) is 2.82. The molecule has 3 heteroatoms. The molecule has 0 aliphatic carbocycles. The smallest absolute Gasteiger partial charge is 0.173 e. The lowest BCUT2D eigenvalue weighted by atomic mass is 10.2. The van der Waals surface area contributed by atoms with E-state index in [0.717, 1.165) is 23.3 Å². The molecule has 0 saturated carbocycles. The molecule has 1 atom stereocenters. The van der Waals surface area contributed by atoms with E-state index in [1.807, 2.05) is 30.3 Å². The Bertz CT molecular complexity index is 337. The van der Waals surface area contributed by atoms with Gasteiger partial charge in [0.2, 0.25) is 0 Å². The van der Waals surface area contributed by atoms with Crippen LogP contribution in [0.3, 0.4) is 0 Å². The third kappa shape index (κ3) is 4.66. The summed E-state index contributed by atoms with van der Waals surface area (Å²) < 4.78 is 14.7. The van der Waals surface area contributed by atoms with Crippen LogP contribution in [-0.2, 0) is 11.4 Å². The monoisotopic (exact) mass is 235 g/mol. The summed E-state index contributed by atoms with van der Waals surface area (Å²) in [4.78, 5) is 0.810. The minimum Gasteiger partial charge on any atom is -0.593 e. The van der Waals surface area contributed by atoms with E-state index in [2.05, 4.69) is 17.9 Å². The van der Waals surface area contributed by atoms with Crippen LogP contribution >= 0.6 is 0 Å². The largest absolute Gasteiger partial charge is 0.593 e. The second kappa shape index (κ2) is 7.28. The summed E-state index contributed by atoms with van der Waals surface area (Å²) in [5, 5.41) is 0. The van der Waals surface area contributed by atoms with Gasteiger partial charge in [0.25, 0.3) is 0 Å². The van der Waals surface area contributed by atoms with E-state index in [9.17, 15) is 4.55 Å². The van der Waals surface area contributed by atoms with Crippen molar-refractivity contribution < 1.29 is 4.55 Å². The highest BCUT2D eigenvalue weighted by Gasteiger charge is 2.08. The Morgan fingerprint density at radius 2 is 2.06 bits per heavy atom. The van der Waals surface area contributed by atoms with Gasteiger partial charge in [-0.1, -0.05) is 43.0 Å². The predicted molar refractivity (Wildman–Crippen MR) is 69.4 cm³/mol. The molecule has 86 valence electrons. The van der Waals surface area contributed by atoms with Crippen LogP contribution in [0.4, 0.5) is 0 Å². The van der Waals surface area contributed by atoms with Crippen molar-refractivity contribution in [3.05, 3.63) is 55.1 Å². The molecular formula is C13H17NOS. The first-order chi connectivity index (χ1) is 7.74. The number of nitrogens with one attached hydrogen (secondary N) is 1. The average Bonchev–Trinajstić information content (AvgIpc) is 2.35. The van der Waals surface area contributed by atoms with Crippen molar-refractivity contribution in [2.75, 3.05) is 6.54 Å². The molecule has 0 aliphatic heterocycles. The SMILES string of the molecule is C=CC(=C)CCCN[S+]([O-])c1ccccc1. The Labute approximate surface area is 100 Å². The lowest BCUT2D eigenvalue weighted by Crippen LogP contribution is -2.24. The van der Waals surface area contributed by atoms with Crippen LogP contribution in [0.2, 0.25) is 0 Å². The lowest BCUT2D eigenvalue weighted by Gasteiger charge is -2.10. The Kier molecular flexibility index (Phi) is 5.93. The normalized spacial score (nSPS) is 12.1. The van der Waals surface area contributed by atoms with Gasteiger partial charge in [-0.25, -0.2) is 0 Å². The van der Waals surface area contributed by atoms with Gasteiger partial charge in [0.05, 0.1) is 11.4 Å². The molecule has 0 aliphatic rings. The molecular weight excluding hydrogens is 218 g/mol. The zero-order valence-electron chi connectivity index (χ0n) is 9.32. The molecule has 1 unspecified atom stereocenters. The molecule has 1 N–H and O–H groups in total. The van der Waals surface area contributed by atoms with Crippen molar-refractivity contribution in [1.82, 2.24) is 4.72 Å². The second-order valence-electron chi connectivity index (χ2n) is 3.44. The van der Waals surface area contributed by atoms with Crippen LogP contribution in [0.15, 0.2) is 60.0 Å². The van der Waals surface area contributed by atoms with Gasteiger partial charge >= 0.3 is 0 Å². The van der Waals surface area contributed by atoms with Crippen molar-refractivity contribution in [2.45, 2.75) is 17.7 Å². The van der Waals surface area contributed by atoms with Gasteiger partial charge in [0.15, 0.2) is 4.90 Å². The van der Waals surface area contributed by atoms with E-state index in [1.165, 1.54) is 0 Å². The van der Waals surface area contributed by atoms with Crippen molar-refractivity contribution >= 4 is 11.4 Å². The van der Waals surface area contributed by atoms with E-state index < -0.39 is 11.4 Å². The summed E-state index contributed by atoms with van der Waals surface area (Å²) in [6.45, 7) is 8.19. The molecule has 2 nitrogen and oxygen atoms in total. The van der Waals surface area contributed by atoms with Gasteiger partial charge < -0.3 is 4.55 Å². The van der Waals surface area contributed by atoms with Crippen molar-refractivity contribution in [2.24, 2.45) is 0 Å². The third-order valence-electron chi connectivity index (χ3n) is 2.15. The van der Waals surface area contributed by atoms with E-state index in [4.69, 9.17) is 0 Å². The number of allylic oxidation sites excluding steroid dienone is 2. The van der Waals surface area contributed by atoms with Gasteiger partial charge in [-0.2, -0.15) is 0 Å². The molecule has 0 fully saturated rings. The highest BCUT2D eigenvalue weighted by atomic mass is 32.2. The van der Waals surface area contributed by atoms with Crippen LogP contribution in [0.1, 0.15) is 12.8 Å². The van der Waals surface area contributed by atoms with Crippen LogP contribution in [-0.4, -0.2) is 11.1 Å². The van der Waals surface area contributed by atoms with E-state index in [1.54, 1.807) is 6.08 Å². The van der Waals surface area contributed by atoms with E-state index >= 15 is 0 Å². The lowest BCUT2D eigenvalue weighted by molar-refractivity contribution is 0.578. The topological polar surface area (TPSA) is 35.1 Å². The zero-order chi connectivity index (χ0) is 11.8. The van der Waals surface area contributed by atoms with Crippen molar-refractivity contribution in [1.29, 1.82) is 0 Å². The summed E-state index contributed by atoms with van der Waals surface area (Å²) in [6, 6.07) is 9.38. The first-order valence-electron chi connectivity index (χ1n) is 5.24. The fraction of sp³-hybridized carbons (Fsp3) is 0.231. The first-order valence-corrected chi connectivity index (χ1v) is 6.39. The Morgan fingerprint density at radius 3 is 2.69 bits per heavy atom. The summed E-state index contributed by atoms with van der Waals surface area (Å²) in [5.41, 5.74) is 1.02. The van der Waals surface area contributed by atoms with Crippen LogP contribution in [0.5, 0.6) is 0 Å². The molecule has 0 amide bonds. The van der Waals surface area contributed by atoms with Gasteiger partial charge in [-0.15, -0.1) is 4.72 Å². The Morgan fingerprint density at radius 1 is 1.38 bits per heavy atom. The maximum atomic E-state index is 11.7. The molecule has 0 aromatic heterocycles. The third-order valence-corrected chi connectivity index (χ3v) is 3.32. The highest BCUT2D eigenvalue weighted by Crippen LogP contribution is 2.07. The van der Waals surface area contributed by atoms with Crippen molar-refractivity contribution in [3.63, 3.8) is 0 Å². The number of hydrogen-bond acceptors (Lipinski definition) is 2. The average molecular weight is 235 g/mol. The van der Waals surface area contributed by atoms with Gasteiger partial charge in [-0.3, -0.25) is 0 Å². The minimum atomic E-state index is -1.11. The summed E-state index contributed by atoms with van der Waals surface area (Å²) in [6.07, 6.45) is 3.57. The van der Waals surface area contributed by atoms with E-state index in [0.29, 0.717) is 6.54 Å². The molecule has 16 heavy (non-hydrogen) atoms. The summed E-state index contributed by atoms with van der Waals surface area (Å²) in [7, 11) is 0. The zero-order valence-corrected chi connectivity index (χ0v) is 10.1. The van der Waals surface area contributed by atoms with Crippen molar-refractivity contribution in [3.8, 4) is 0 Å². The van der Waals surface area contributed by atoms with Gasteiger partial charge in [0, 0.05) is 6.54 Å². The number of rotatable bonds is 7. The molecule has 0 saturated heterocycles. The molecule has 1 aromatic rings. The molecule has 0 spiro atoms. The molecule has 1 aromatic carbocycles. The number of hydrogen-bond donors (Lipinski definition) is 1. The molecule has 1 rings (SSSR count). The molecule has 0 heterocycles. The molecule has 0 radical (unpaired) electrons. The maximum Gasteiger partial charge on any atom is 0.173 e. The minimum absolute atomic E-state index is 0.717. The molecule has 0 bridgehead atoms. The standard InChI is InChI=1S/C13H17NOS/c1-3-12(2)8-7-11-14-16(15)13-9-5-4-6-10-13/h3-6,9-10,14H,1-2,7-8,11H2. The quantitative estimate of drug-likeness (QED) is 0.448. The Balaban J connectivity index is 2.23. The fourth-order valence-corrected chi connectivity index (χ4v) is 2.11.